The number of benzene rings is 1. The van der Waals surface area contributed by atoms with Crippen LogP contribution in [0.4, 0.5) is 13.2 Å². The number of fused-ring (bicyclic) bond motifs is 2. The van der Waals surface area contributed by atoms with Crippen molar-refractivity contribution in [3.05, 3.63) is 81.3 Å². The number of hydrogen-bond acceptors (Lipinski definition) is 4. The van der Waals surface area contributed by atoms with E-state index in [0.717, 1.165) is 17.8 Å². The number of aromatic nitrogens is 3. The molecule has 0 saturated heterocycles. The summed E-state index contributed by atoms with van der Waals surface area (Å²) in [5.41, 5.74) is 0.319. The molecule has 0 spiro atoms. The molecule has 0 radical (unpaired) electrons. The Kier molecular flexibility index (Phi) is 4.98. The van der Waals surface area contributed by atoms with Crippen molar-refractivity contribution in [2.45, 2.75) is 51.7 Å². The van der Waals surface area contributed by atoms with Gasteiger partial charge in [-0.2, -0.15) is 13.2 Å². The number of ether oxygens (including phenoxy) is 1. The number of rotatable bonds is 3. The highest BCUT2D eigenvalue weighted by Gasteiger charge is 2.43. The largest absolute Gasteiger partial charge is 0.416 e. The molecule has 7 nitrogen and oxygen atoms in total. The highest BCUT2D eigenvalue weighted by Crippen LogP contribution is 2.41. The van der Waals surface area contributed by atoms with Gasteiger partial charge in [0, 0.05) is 18.8 Å². The molecule has 3 aromatic rings. The van der Waals surface area contributed by atoms with Crippen LogP contribution in [0, 0.1) is 6.92 Å². The van der Waals surface area contributed by atoms with E-state index < -0.39 is 17.3 Å². The predicted octanol–water partition coefficient (Wildman–Crippen LogP) is 3.65. The summed E-state index contributed by atoms with van der Waals surface area (Å²) >= 11 is 0. The SMILES string of the molecule is Cc1cn(-c2ccc3n(c2=O)CC(C)N(CC2(C)OCc4ccc(C(F)(F)F)cc42)C3=O)cn1. The van der Waals surface area contributed by atoms with Gasteiger partial charge in [-0.1, -0.05) is 6.07 Å². The second-order valence-electron chi connectivity index (χ2n) is 9.11. The van der Waals surface area contributed by atoms with Crippen LogP contribution in [0.2, 0.25) is 0 Å². The Balaban J connectivity index is 1.48. The van der Waals surface area contributed by atoms with Gasteiger partial charge in [-0.25, -0.2) is 4.98 Å². The molecule has 10 heteroatoms. The van der Waals surface area contributed by atoms with Crippen LogP contribution in [0.15, 0.2) is 47.7 Å². The Morgan fingerprint density at radius 3 is 2.65 bits per heavy atom. The number of carbonyl (C=O) groups is 1. The summed E-state index contributed by atoms with van der Waals surface area (Å²) in [6, 6.07) is 6.40. The minimum absolute atomic E-state index is 0.0674. The highest BCUT2D eigenvalue weighted by molar-refractivity contribution is 5.93. The van der Waals surface area contributed by atoms with Gasteiger partial charge in [-0.05, 0) is 56.2 Å². The summed E-state index contributed by atoms with van der Waals surface area (Å²) in [6.45, 7) is 5.82. The quantitative estimate of drug-likeness (QED) is 0.584. The minimum Gasteiger partial charge on any atom is -0.364 e. The number of imidazole rings is 1. The van der Waals surface area contributed by atoms with Gasteiger partial charge in [0.25, 0.3) is 11.5 Å². The third kappa shape index (κ3) is 3.53. The second kappa shape index (κ2) is 7.56. The second-order valence-corrected chi connectivity index (χ2v) is 9.11. The number of pyridine rings is 1. The lowest BCUT2D eigenvalue weighted by molar-refractivity contribution is -0.137. The van der Waals surface area contributed by atoms with Gasteiger partial charge < -0.3 is 18.8 Å². The molecule has 1 aromatic carbocycles. The fraction of sp³-hybridized carbons (Fsp3) is 0.375. The van der Waals surface area contributed by atoms with E-state index in [0.29, 0.717) is 16.8 Å². The summed E-state index contributed by atoms with van der Waals surface area (Å²) in [7, 11) is 0. The van der Waals surface area contributed by atoms with Crippen molar-refractivity contribution in [1.82, 2.24) is 19.0 Å². The maximum Gasteiger partial charge on any atom is 0.416 e. The lowest BCUT2D eigenvalue weighted by Gasteiger charge is -2.40. The molecule has 2 atom stereocenters. The molecular formula is C24H23F3N4O3. The highest BCUT2D eigenvalue weighted by atomic mass is 19.4. The molecule has 2 unspecified atom stereocenters. The number of halogens is 3. The Labute approximate surface area is 193 Å². The Bertz CT molecular complexity index is 1360. The van der Waals surface area contributed by atoms with Gasteiger partial charge in [0.1, 0.15) is 17.0 Å². The molecule has 0 N–H and O–H groups in total. The van der Waals surface area contributed by atoms with E-state index in [9.17, 15) is 22.8 Å². The first-order valence-corrected chi connectivity index (χ1v) is 10.9. The fourth-order valence-electron chi connectivity index (χ4n) is 4.76. The molecule has 4 heterocycles. The van der Waals surface area contributed by atoms with Crippen molar-refractivity contribution in [2.75, 3.05) is 6.54 Å². The van der Waals surface area contributed by atoms with E-state index in [-0.39, 0.29) is 42.9 Å². The zero-order chi connectivity index (χ0) is 24.4. The van der Waals surface area contributed by atoms with Crippen LogP contribution in [0.5, 0.6) is 0 Å². The normalized spacial score (nSPS) is 22.1. The summed E-state index contributed by atoms with van der Waals surface area (Å²) in [4.78, 5) is 32.3. The number of alkyl halides is 3. The Hall–Kier alpha value is -3.40. The number of hydrogen-bond donors (Lipinski definition) is 0. The molecule has 1 amide bonds. The van der Waals surface area contributed by atoms with Crippen molar-refractivity contribution in [1.29, 1.82) is 0 Å². The first-order chi connectivity index (χ1) is 16.0. The number of aryl methyl sites for hydroxylation is 1. The van der Waals surface area contributed by atoms with E-state index in [1.54, 1.807) is 41.0 Å². The van der Waals surface area contributed by atoms with Crippen LogP contribution in [0.1, 0.15) is 46.7 Å². The zero-order valence-electron chi connectivity index (χ0n) is 18.9. The van der Waals surface area contributed by atoms with Crippen molar-refractivity contribution in [3.8, 4) is 5.69 Å². The molecule has 2 aliphatic rings. The van der Waals surface area contributed by atoms with Gasteiger partial charge in [0.05, 0.1) is 30.7 Å². The lowest BCUT2D eigenvalue weighted by Crippen LogP contribution is -2.54. The van der Waals surface area contributed by atoms with Gasteiger partial charge in [-0.15, -0.1) is 0 Å². The maximum absolute atomic E-state index is 13.4. The minimum atomic E-state index is -4.47. The lowest BCUT2D eigenvalue weighted by atomic mass is 9.91. The van der Waals surface area contributed by atoms with Crippen molar-refractivity contribution < 1.29 is 22.7 Å². The Morgan fingerprint density at radius 2 is 1.97 bits per heavy atom. The van der Waals surface area contributed by atoms with Gasteiger partial charge in [-0.3, -0.25) is 9.59 Å². The van der Waals surface area contributed by atoms with Crippen LogP contribution in [0.25, 0.3) is 5.69 Å². The average Bonchev–Trinajstić information content (AvgIpc) is 3.35. The van der Waals surface area contributed by atoms with Crippen molar-refractivity contribution >= 4 is 5.91 Å². The number of amides is 1. The van der Waals surface area contributed by atoms with Gasteiger partial charge >= 0.3 is 6.18 Å². The van der Waals surface area contributed by atoms with E-state index in [1.807, 2.05) is 13.8 Å². The van der Waals surface area contributed by atoms with Gasteiger partial charge in [0.2, 0.25) is 0 Å². The van der Waals surface area contributed by atoms with E-state index in [4.69, 9.17) is 4.74 Å². The van der Waals surface area contributed by atoms with Crippen LogP contribution in [-0.2, 0) is 29.7 Å². The third-order valence-corrected chi connectivity index (χ3v) is 6.63. The number of nitrogens with zero attached hydrogens (tertiary/aromatic N) is 4. The fourth-order valence-corrected chi connectivity index (χ4v) is 4.76. The van der Waals surface area contributed by atoms with Crippen LogP contribution >= 0.6 is 0 Å². The topological polar surface area (TPSA) is 69.4 Å². The monoisotopic (exact) mass is 472 g/mol. The third-order valence-electron chi connectivity index (χ3n) is 6.63. The summed E-state index contributed by atoms with van der Waals surface area (Å²) in [6.07, 6.45) is -1.20. The molecule has 0 aliphatic carbocycles. The standard InChI is InChI=1S/C24H23F3N4O3/c1-14-9-29(13-28-14)19-6-7-20-22(33)31(15(2)10-30(20)21(19)32)12-23(3)18-8-17(24(25,26)27)5-4-16(18)11-34-23/h4-9,13,15H,10-12H2,1-3H3. The molecule has 2 aliphatic heterocycles. The molecule has 0 fully saturated rings. The van der Waals surface area contributed by atoms with Crippen molar-refractivity contribution in [2.24, 2.45) is 0 Å². The first-order valence-electron chi connectivity index (χ1n) is 10.9. The molecule has 5 rings (SSSR count). The van der Waals surface area contributed by atoms with E-state index >= 15 is 0 Å². The molecule has 0 saturated carbocycles. The number of carbonyl (C=O) groups excluding carboxylic acids is 1. The first kappa shape index (κ1) is 22.4. The summed E-state index contributed by atoms with van der Waals surface area (Å²) in [5.74, 6) is -0.366. The van der Waals surface area contributed by atoms with E-state index in [2.05, 4.69) is 4.98 Å². The average molecular weight is 472 g/mol. The molecule has 34 heavy (non-hydrogen) atoms. The zero-order valence-corrected chi connectivity index (χ0v) is 18.9. The van der Waals surface area contributed by atoms with Crippen LogP contribution < -0.4 is 5.56 Å². The molecule has 0 bridgehead atoms. The Morgan fingerprint density at radius 1 is 1.21 bits per heavy atom. The summed E-state index contributed by atoms with van der Waals surface area (Å²) < 4.78 is 48.9. The molecule has 2 aromatic heterocycles. The molecule has 178 valence electrons. The maximum atomic E-state index is 13.4. The predicted molar refractivity (Wildman–Crippen MR) is 117 cm³/mol. The van der Waals surface area contributed by atoms with Crippen LogP contribution in [0.3, 0.4) is 0 Å². The van der Waals surface area contributed by atoms with Crippen LogP contribution in [-0.4, -0.2) is 37.5 Å². The molecular weight excluding hydrogens is 449 g/mol. The summed E-state index contributed by atoms with van der Waals surface area (Å²) in [5, 5.41) is 0. The van der Waals surface area contributed by atoms with Crippen molar-refractivity contribution in [3.63, 3.8) is 0 Å². The van der Waals surface area contributed by atoms with E-state index in [1.165, 1.54) is 10.6 Å². The smallest absolute Gasteiger partial charge is 0.364 e. The van der Waals surface area contributed by atoms with Gasteiger partial charge in [0.15, 0.2) is 0 Å².